The van der Waals surface area contributed by atoms with Crippen molar-refractivity contribution >= 4 is 40.2 Å². The Morgan fingerprint density at radius 1 is 1.14 bits per heavy atom. The summed E-state index contributed by atoms with van der Waals surface area (Å²) in [5.41, 5.74) is 1.01. The second kappa shape index (κ2) is 10.6. The van der Waals surface area contributed by atoms with E-state index in [2.05, 4.69) is 49.7 Å². The molecule has 12 nitrogen and oxygen atoms in total. The zero-order chi connectivity index (χ0) is 25.1. The van der Waals surface area contributed by atoms with Crippen molar-refractivity contribution in [3.63, 3.8) is 0 Å². The molecule has 2 aliphatic rings. The van der Waals surface area contributed by atoms with Crippen LogP contribution in [0.3, 0.4) is 0 Å². The summed E-state index contributed by atoms with van der Waals surface area (Å²) >= 11 is 0. The molecule has 0 spiro atoms. The molecular formula is C24H34N10O2. The Hall–Kier alpha value is -3.51. The van der Waals surface area contributed by atoms with Crippen LogP contribution in [0.2, 0.25) is 0 Å². The predicted octanol–water partition coefficient (Wildman–Crippen LogP) is 1.30. The highest BCUT2D eigenvalue weighted by molar-refractivity contribution is 5.81. The molecule has 36 heavy (non-hydrogen) atoms. The van der Waals surface area contributed by atoms with Gasteiger partial charge in [0, 0.05) is 82.2 Å². The fourth-order valence-corrected chi connectivity index (χ4v) is 4.72. The highest BCUT2D eigenvalue weighted by Crippen LogP contribution is 2.27. The lowest BCUT2D eigenvalue weighted by Gasteiger charge is -2.29. The van der Waals surface area contributed by atoms with Gasteiger partial charge < -0.3 is 30.5 Å². The molecule has 0 bridgehead atoms. The third-order valence-corrected chi connectivity index (χ3v) is 6.50. The molecule has 0 saturated carbocycles. The third kappa shape index (κ3) is 5.34. The monoisotopic (exact) mass is 494 g/mol. The Morgan fingerprint density at radius 2 is 1.92 bits per heavy atom. The number of anilines is 4. The molecule has 3 aromatic rings. The van der Waals surface area contributed by atoms with Gasteiger partial charge in [-0.3, -0.25) is 9.48 Å². The molecule has 0 aromatic carbocycles. The van der Waals surface area contributed by atoms with Crippen molar-refractivity contribution in [3.05, 3.63) is 24.5 Å². The Morgan fingerprint density at radius 3 is 2.67 bits per heavy atom. The van der Waals surface area contributed by atoms with E-state index in [4.69, 9.17) is 14.7 Å². The summed E-state index contributed by atoms with van der Waals surface area (Å²) in [4.78, 5) is 30.7. The number of hydrogen-bond acceptors (Lipinski definition) is 10. The number of ether oxygens (including phenoxy) is 1. The first-order valence-electron chi connectivity index (χ1n) is 12.5. The molecule has 2 aliphatic heterocycles. The normalized spacial score (nSPS) is 18.3. The number of pyridine rings is 1. The fraction of sp³-hybridized carbons (Fsp3) is 0.542. The van der Waals surface area contributed by atoms with Crippen molar-refractivity contribution in [2.45, 2.75) is 32.4 Å². The van der Waals surface area contributed by atoms with E-state index < -0.39 is 0 Å². The molecule has 2 fully saturated rings. The maximum atomic E-state index is 12.0. The molecule has 3 N–H and O–H groups in total. The number of piperazine rings is 1. The standard InChI is InChI=1S/C24H34N10O2/c1-16(2)34-19-10-20(26-12-17(19)13-27-34)29-24-30-21(32-8-5-25-6-9-32)11-22(31-24)33-7-4-18(14-33)28-23(35)15-36-3/h10-13,16,18,25H,4-9,14-15H2,1-3H3,(H,28,35)(H,26,29,30,31). The number of hydrogen-bond donors (Lipinski definition) is 3. The summed E-state index contributed by atoms with van der Waals surface area (Å²) < 4.78 is 6.93. The minimum atomic E-state index is -0.0991. The van der Waals surface area contributed by atoms with Gasteiger partial charge in [-0.2, -0.15) is 15.1 Å². The summed E-state index contributed by atoms with van der Waals surface area (Å²) in [5.74, 6) is 2.77. The maximum Gasteiger partial charge on any atom is 0.246 e. The molecule has 5 rings (SSSR count). The zero-order valence-corrected chi connectivity index (χ0v) is 21.1. The van der Waals surface area contributed by atoms with Gasteiger partial charge >= 0.3 is 0 Å². The minimum Gasteiger partial charge on any atom is -0.375 e. The van der Waals surface area contributed by atoms with Gasteiger partial charge in [-0.05, 0) is 20.3 Å². The van der Waals surface area contributed by atoms with Crippen LogP contribution in [0, 0.1) is 0 Å². The van der Waals surface area contributed by atoms with Gasteiger partial charge in [0.05, 0.1) is 11.7 Å². The SMILES string of the molecule is COCC(=O)NC1CCN(c2cc(N3CCNCC3)nc(Nc3cc4c(cn3)cnn4C(C)C)n2)C1. The lowest BCUT2D eigenvalue weighted by atomic mass is 10.2. The van der Waals surface area contributed by atoms with Crippen molar-refractivity contribution in [2.24, 2.45) is 0 Å². The van der Waals surface area contributed by atoms with Gasteiger partial charge in [0.1, 0.15) is 24.1 Å². The maximum absolute atomic E-state index is 12.0. The summed E-state index contributed by atoms with van der Waals surface area (Å²) in [6, 6.07) is 4.33. The molecule has 1 unspecified atom stereocenters. The Balaban J connectivity index is 1.41. The number of nitrogens with one attached hydrogen (secondary N) is 3. The summed E-state index contributed by atoms with van der Waals surface area (Å²) in [7, 11) is 1.52. The summed E-state index contributed by atoms with van der Waals surface area (Å²) in [6.07, 6.45) is 4.50. The molecule has 3 aromatic heterocycles. The second-order valence-corrected chi connectivity index (χ2v) is 9.51. The van der Waals surface area contributed by atoms with Crippen molar-refractivity contribution in [2.75, 3.05) is 68.1 Å². The van der Waals surface area contributed by atoms with Crippen LogP contribution in [-0.4, -0.2) is 89.7 Å². The van der Waals surface area contributed by atoms with Crippen molar-refractivity contribution < 1.29 is 9.53 Å². The first kappa shape index (κ1) is 24.2. The molecule has 0 radical (unpaired) electrons. The first-order valence-corrected chi connectivity index (χ1v) is 12.5. The van der Waals surface area contributed by atoms with Crippen LogP contribution in [0.5, 0.6) is 0 Å². The Bertz CT molecular complexity index is 1210. The summed E-state index contributed by atoms with van der Waals surface area (Å²) in [6.45, 7) is 9.34. The van der Waals surface area contributed by atoms with Crippen LogP contribution in [0.1, 0.15) is 26.3 Å². The van der Waals surface area contributed by atoms with Crippen LogP contribution in [-0.2, 0) is 9.53 Å². The van der Waals surface area contributed by atoms with Crippen LogP contribution in [0.25, 0.3) is 10.9 Å². The molecule has 1 atom stereocenters. The van der Waals surface area contributed by atoms with Gasteiger partial charge in [-0.15, -0.1) is 0 Å². The molecule has 1 amide bonds. The molecule has 12 heteroatoms. The fourth-order valence-electron chi connectivity index (χ4n) is 4.72. The van der Waals surface area contributed by atoms with E-state index in [1.807, 2.05) is 29.2 Å². The number of aromatic nitrogens is 5. The van der Waals surface area contributed by atoms with E-state index in [9.17, 15) is 4.79 Å². The van der Waals surface area contributed by atoms with Crippen molar-refractivity contribution in [3.8, 4) is 0 Å². The number of methoxy groups -OCH3 is 1. The summed E-state index contributed by atoms with van der Waals surface area (Å²) in [5, 5.41) is 15.2. The van der Waals surface area contributed by atoms with E-state index in [0.29, 0.717) is 18.3 Å². The number of carbonyl (C=O) groups is 1. The predicted molar refractivity (Wildman–Crippen MR) is 139 cm³/mol. The van der Waals surface area contributed by atoms with Crippen molar-refractivity contribution in [1.29, 1.82) is 0 Å². The highest BCUT2D eigenvalue weighted by atomic mass is 16.5. The number of nitrogens with zero attached hydrogens (tertiary/aromatic N) is 7. The van der Waals surface area contributed by atoms with Gasteiger partial charge in [0.25, 0.3) is 0 Å². The van der Waals surface area contributed by atoms with Crippen LogP contribution in [0.15, 0.2) is 24.5 Å². The van der Waals surface area contributed by atoms with E-state index in [-0.39, 0.29) is 24.6 Å². The quantitative estimate of drug-likeness (QED) is 0.422. The highest BCUT2D eigenvalue weighted by Gasteiger charge is 2.26. The Kier molecular flexibility index (Phi) is 7.14. The first-order chi connectivity index (χ1) is 17.5. The average Bonchev–Trinajstić information content (AvgIpc) is 3.51. The second-order valence-electron chi connectivity index (χ2n) is 9.51. The van der Waals surface area contributed by atoms with Crippen molar-refractivity contribution in [1.82, 2.24) is 35.4 Å². The van der Waals surface area contributed by atoms with E-state index in [1.54, 1.807) is 0 Å². The van der Waals surface area contributed by atoms with Gasteiger partial charge in [-0.25, -0.2) is 4.98 Å². The lowest BCUT2D eigenvalue weighted by Crippen LogP contribution is -2.44. The van der Waals surface area contributed by atoms with E-state index in [0.717, 1.165) is 61.7 Å². The average molecular weight is 495 g/mol. The molecule has 0 aliphatic carbocycles. The minimum absolute atomic E-state index is 0.0575. The number of fused-ring (bicyclic) bond motifs is 1. The van der Waals surface area contributed by atoms with Gasteiger partial charge in [0.2, 0.25) is 11.9 Å². The van der Waals surface area contributed by atoms with Crippen LogP contribution < -0.4 is 25.8 Å². The number of amides is 1. The van der Waals surface area contributed by atoms with Crippen LogP contribution >= 0.6 is 0 Å². The molecule has 192 valence electrons. The topological polar surface area (TPSA) is 125 Å². The van der Waals surface area contributed by atoms with Crippen LogP contribution in [0.4, 0.5) is 23.4 Å². The lowest BCUT2D eigenvalue weighted by molar-refractivity contribution is -0.125. The smallest absolute Gasteiger partial charge is 0.246 e. The number of rotatable bonds is 8. The zero-order valence-electron chi connectivity index (χ0n) is 21.1. The van der Waals surface area contributed by atoms with Gasteiger partial charge in [0.15, 0.2) is 0 Å². The number of carbonyl (C=O) groups excluding carboxylic acids is 1. The van der Waals surface area contributed by atoms with E-state index >= 15 is 0 Å². The largest absolute Gasteiger partial charge is 0.375 e. The Labute approximate surface area is 210 Å². The molecule has 5 heterocycles. The molecule has 2 saturated heterocycles. The third-order valence-electron chi connectivity index (χ3n) is 6.50. The van der Waals surface area contributed by atoms with Gasteiger partial charge in [-0.1, -0.05) is 0 Å². The molecular weight excluding hydrogens is 460 g/mol. The van der Waals surface area contributed by atoms with E-state index in [1.165, 1.54) is 7.11 Å².